The Kier molecular flexibility index (Phi) is 5.66. The van der Waals surface area contributed by atoms with Crippen molar-refractivity contribution in [3.05, 3.63) is 23.9 Å². The van der Waals surface area contributed by atoms with Crippen LogP contribution in [0.25, 0.3) is 0 Å². The molecule has 0 saturated carbocycles. The first-order valence-corrected chi connectivity index (χ1v) is 8.33. The average molecular weight is 330 g/mol. The Morgan fingerprint density at radius 2 is 2.29 bits per heavy atom. The van der Waals surface area contributed by atoms with Gasteiger partial charge in [-0.3, -0.25) is 0 Å². The van der Waals surface area contributed by atoms with E-state index in [-0.39, 0.29) is 6.09 Å². The number of carbonyl (C=O) groups is 1. The molecule has 1 fully saturated rings. The van der Waals surface area contributed by atoms with E-state index in [1.54, 1.807) is 23.2 Å². The van der Waals surface area contributed by atoms with Gasteiger partial charge in [-0.1, -0.05) is 0 Å². The van der Waals surface area contributed by atoms with Crippen molar-refractivity contribution in [3.8, 4) is 6.07 Å². The molecule has 2 rings (SSSR count). The standard InChI is InChI=1S/C18H26N4O2/c1-18(2,3)24-17(23)22-9-5-6-15(13-22)12-21(4)16-10-14(11-19)7-8-20-16/h7-8,10,15H,5-6,9,12-13H2,1-4H3. The van der Waals surface area contributed by atoms with Crippen molar-refractivity contribution in [1.29, 1.82) is 5.26 Å². The summed E-state index contributed by atoms with van der Waals surface area (Å²) >= 11 is 0. The van der Waals surface area contributed by atoms with Crippen LogP contribution < -0.4 is 4.90 Å². The summed E-state index contributed by atoms with van der Waals surface area (Å²) in [7, 11) is 1.97. The van der Waals surface area contributed by atoms with Crippen LogP contribution in [0.1, 0.15) is 39.2 Å². The Morgan fingerprint density at radius 1 is 1.54 bits per heavy atom. The van der Waals surface area contributed by atoms with E-state index in [0.717, 1.165) is 31.7 Å². The fourth-order valence-corrected chi connectivity index (χ4v) is 2.88. The number of hydrogen-bond donors (Lipinski definition) is 0. The summed E-state index contributed by atoms with van der Waals surface area (Å²) in [6.07, 6.45) is 3.46. The maximum absolute atomic E-state index is 12.2. The highest BCUT2D eigenvalue weighted by Gasteiger charge is 2.28. The highest BCUT2D eigenvalue weighted by molar-refractivity contribution is 5.68. The second-order valence-electron chi connectivity index (χ2n) is 7.33. The first-order chi connectivity index (χ1) is 11.3. The summed E-state index contributed by atoms with van der Waals surface area (Å²) in [4.78, 5) is 20.4. The summed E-state index contributed by atoms with van der Waals surface area (Å²) in [5, 5.41) is 9.00. The van der Waals surface area contributed by atoms with Gasteiger partial charge >= 0.3 is 6.09 Å². The van der Waals surface area contributed by atoms with E-state index < -0.39 is 5.60 Å². The van der Waals surface area contributed by atoms with Gasteiger partial charge < -0.3 is 14.5 Å². The Bertz CT molecular complexity index is 618. The smallest absolute Gasteiger partial charge is 0.410 e. The number of nitriles is 1. The first-order valence-electron chi connectivity index (χ1n) is 8.33. The van der Waals surface area contributed by atoms with Gasteiger partial charge in [0.2, 0.25) is 0 Å². The highest BCUT2D eigenvalue weighted by atomic mass is 16.6. The molecule has 0 aliphatic carbocycles. The van der Waals surface area contributed by atoms with Crippen molar-refractivity contribution >= 4 is 11.9 Å². The van der Waals surface area contributed by atoms with Gasteiger partial charge in [0.05, 0.1) is 11.6 Å². The molecule has 1 amide bonds. The van der Waals surface area contributed by atoms with Gasteiger partial charge in [-0.15, -0.1) is 0 Å². The Balaban J connectivity index is 1.95. The normalized spacial score (nSPS) is 18.0. The highest BCUT2D eigenvalue weighted by Crippen LogP contribution is 2.21. The minimum absolute atomic E-state index is 0.237. The van der Waals surface area contributed by atoms with Crippen LogP contribution in [-0.2, 0) is 4.74 Å². The number of rotatable bonds is 3. The molecule has 0 spiro atoms. The van der Waals surface area contributed by atoms with Crippen LogP contribution in [0.4, 0.5) is 10.6 Å². The van der Waals surface area contributed by atoms with Gasteiger partial charge in [0.25, 0.3) is 0 Å². The van der Waals surface area contributed by atoms with Crippen molar-refractivity contribution in [3.63, 3.8) is 0 Å². The monoisotopic (exact) mass is 330 g/mol. The number of aromatic nitrogens is 1. The molecule has 1 aromatic heterocycles. The lowest BCUT2D eigenvalue weighted by Gasteiger charge is -2.35. The molecular formula is C18H26N4O2. The summed E-state index contributed by atoms with van der Waals surface area (Å²) in [6, 6.07) is 5.62. The quantitative estimate of drug-likeness (QED) is 0.852. The number of pyridine rings is 1. The molecule has 2 heterocycles. The number of carbonyl (C=O) groups excluding carboxylic acids is 1. The van der Waals surface area contributed by atoms with Crippen LogP contribution in [0, 0.1) is 17.2 Å². The van der Waals surface area contributed by atoms with Crippen LogP contribution in [0.2, 0.25) is 0 Å². The third-order valence-electron chi connectivity index (χ3n) is 3.97. The number of ether oxygens (including phenoxy) is 1. The predicted molar refractivity (Wildman–Crippen MR) is 92.8 cm³/mol. The Labute approximate surface area is 144 Å². The van der Waals surface area contributed by atoms with Crippen LogP contribution in [0.15, 0.2) is 18.3 Å². The minimum Gasteiger partial charge on any atom is -0.444 e. The zero-order chi connectivity index (χ0) is 17.7. The third-order valence-corrected chi connectivity index (χ3v) is 3.97. The molecule has 6 nitrogen and oxygen atoms in total. The summed E-state index contributed by atoms with van der Waals surface area (Å²) in [6.45, 7) is 7.88. The molecule has 0 radical (unpaired) electrons. The summed E-state index contributed by atoms with van der Waals surface area (Å²) in [5.41, 5.74) is 0.133. The van der Waals surface area contributed by atoms with Crippen LogP contribution in [0.3, 0.4) is 0 Å². The van der Waals surface area contributed by atoms with Gasteiger partial charge in [0.1, 0.15) is 11.4 Å². The molecule has 0 aromatic carbocycles. The van der Waals surface area contributed by atoms with Gasteiger partial charge in [-0.2, -0.15) is 5.26 Å². The SMILES string of the molecule is CN(CC1CCCN(C(=O)OC(C)(C)C)C1)c1cc(C#N)ccn1. The van der Waals surface area contributed by atoms with Crippen LogP contribution in [-0.4, -0.2) is 48.3 Å². The first kappa shape index (κ1) is 18.1. The van der Waals surface area contributed by atoms with Crippen molar-refractivity contribution in [1.82, 2.24) is 9.88 Å². The lowest BCUT2D eigenvalue weighted by Crippen LogP contribution is -2.45. The number of likely N-dealkylation sites (tertiary alicyclic amines) is 1. The molecule has 130 valence electrons. The largest absolute Gasteiger partial charge is 0.444 e. The zero-order valence-electron chi connectivity index (χ0n) is 15.0. The van der Waals surface area contributed by atoms with Crippen molar-refractivity contribution < 1.29 is 9.53 Å². The zero-order valence-corrected chi connectivity index (χ0v) is 15.0. The van der Waals surface area contributed by atoms with E-state index in [1.165, 1.54) is 0 Å². The molecule has 1 unspecified atom stereocenters. The van der Waals surface area contributed by atoms with E-state index in [1.807, 2.05) is 32.7 Å². The van der Waals surface area contributed by atoms with E-state index >= 15 is 0 Å². The average Bonchev–Trinajstić information content (AvgIpc) is 2.53. The molecular weight excluding hydrogens is 304 g/mol. The van der Waals surface area contributed by atoms with Gasteiger partial charge in [-0.25, -0.2) is 9.78 Å². The second-order valence-corrected chi connectivity index (χ2v) is 7.33. The lowest BCUT2D eigenvalue weighted by atomic mass is 9.98. The second kappa shape index (κ2) is 7.52. The van der Waals surface area contributed by atoms with E-state index in [9.17, 15) is 4.79 Å². The maximum atomic E-state index is 12.2. The topological polar surface area (TPSA) is 69.5 Å². The van der Waals surface area contributed by atoms with Crippen molar-refractivity contribution in [2.24, 2.45) is 5.92 Å². The Morgan fingerprint density at radius 3 is 2.96 bits per heavy atom. The number of piperidine rings is 1. The minimum atomic E-state index is -0.470. The molecule has 1 aromatic rings. The van der Waals surface area contributed by atoms with Crippen LogP contribution in [0.5, 0.6) is 0 Å². The predicted octanol–water partition coefficient (Wildman–Crippen LogP) is 3.04. The summed E-state index contributed by atoms with van der Waals surface area (Å²) in [5.74, 6) is 1.15. The van der Waals surface area contributed by atoms with E-state index in [0.29, 0.717) is 18.0 Å². The lowest BCUT2D eigenvalue weighted by molar-refractivity contribution is 0.0170. The van der Waals surface area contributed by atoms with E-state index in [4.69, 9.17) is 10.00 Å². The molecule has 1 saturated heterocycles. The fourth-order valence-electron chi connectivity index (χ4n) is 2.88. The maximum Gasteiger partial charge on any atom is 0.410 e. The van der Waals surface area contributed by atoms with E-state index in [2.05, 4.69) is 11.1 Å². The molecule has 0 bridgehead atoms. The molecule has 1 aliphatic rings. The Hall–Kier alpha value is -2.29. The van der Waals surface area contributed by atoms with Gasteiger partial charge in [-0.05, 0) is 51.7 Å². The number of amides is 1. The molecule has 1 atom stereocenters. The molecule has 0 N–H and O–H groups in total. The van der Waals surface area contributed by atoms with Crippen molar-refractivity contribution in [2.75, 3.05) is 31.6 Å². The fraction of sp³-hybridized carbons (Fsp3) is 0.611. The van der Waals surface area contributed by atoms with Crippen LogP contribution >= 0.6 is 0 Å². The van der Waals surface area contributed by atoms with Crippen molar-refractivity contribution in [2.45, 2.75) is 39.2 Å². The molecule has 6 heteroatoms. The number of anilines is 1. The molecule has 1 aliphatic heterocycles. The number of hydrogen-bond acceptors (Lipinski definition) is 5. The third kappa shape index (κ3) is 5.12. The molecule has 24 heavy (non-hydrogen) atoms. The van der Waals surface area contributed by atoms with Gasteiger partial charge in [0.15, 0.2) is 0 Å². The summed E-state index contributed by atoms with van der Waals surface area (Å²) < 4.78 is 5.47. The van der Waals surface area contributed by atoms with Gasteiger partial charge in [0, 0.05) is 32.9 Å². The number of nitrogens with zero attached hydrogens (tertiary/aromatic N) is 4.